The molecule has 144 valence electrons. The van der Waals surface area contributed by atoms with Crippen LogP contribution in [0.5, 0.6) is 0 Å². The van der Waals surface area contributed by atoms with Gasteiger partial charge in [0.15, 0.2) is 9.84 Å². The molecule has 1 unspecified atom stereocenters. The summed E-state index contributed by atoms with van der Waals surface area (Å²) in [5, 5.41) is 6.49. The standard InChI is InChI=1S/C19H25N5O2S/c25-27(26)11-8-16(13-27)23-19-12-18(20-14-21-19)22-15-4-6-17(7-5-15)24-9-2-1-3-10-24/h4-7,12,14,16H,1-3,8-11,13H2,(H2,20,21,22,23). The lowest BCUT2D eigenvalue weighted by Crippen LogP contribution is -2.29. The van der Waals surface area contributed by atoms with Gasteiger partial charge >= 0.3 is 0 Å². The van der Waals surface area contributed by atoms with Crippen LogP contribution in [0.3, 0.4) is 0 Å². The molecule has 0 spiro atoms. The maximum Gasteiger partial charge on any atom is 0.152 e. The Kier molecular flexibility index (Phi) is 5.15. The van der Waals surface area contributed by atoms with Crippen LogP contribution in [0.1, 0.15) is 25.7 Å². The van der Waals surface area contributed by atoms with Crippen molar-refractivity contribution in [2.45, 2.75) is 31.7 Å². The van der Waals surface area contributed by atoms with Gasteiger partial charge in [0.05, 0.1) is 11.5 Å². The van der Waals surface area contributed by atoms with Gasteiger partial charge in [-0.05, 0) is 49.9 Å². The second-order valence-corrected chi connectivity index (χ2v) is 9.48. The summed E-state index contributed by atoms with van der Waals surface area (Å²) in [7, 11) is -2.91. The Labute approximate surface area is 160 Å². The fourth-order valence-corrected chi connectivity index (χ4v) is 5.35. The van der Waals surface area contributed by atoms with E-state index >= 15 is 0 Å². The fourth-order valence-electron chi connectivity index (χ4n) is 3.68. The zero-order chi connectivity index (χ0) is 18.7. The molecule has 0 bridgehead atoms. The summed E-state index contributed by atoms with van der Waals surface area (Å²) in [5.41, 5.74) is 2.22. The number of aromatic nitrogens is 2. The van der Waals surface area contributed by atoms with Crippen molar-refractivity contribution in [2.75, 3.05) is 40.1 Å². The average molecular weight is 388 g/mol. The summed E-state index contributed by atoms with van der Waals surface area (Å²) in [5.74, 6) is 1.72. The first kappa shape index (κ1) is 18.0. The predicted octanol–water partition coefficient (Wildman–Crippen LogP) is 2.81. The summed E-state index contributed by atoms with van der Waals surface area (Å²) < 4.78 is 23.2. The molecule has 1 aromatic heterocycles. The van der Waals surface area contributed by atoms with E-state index in [0.29, 0.717) is 18.1 Å². The van der Waals surface area contributed by atoms with Crippen LogP contribution >= 0.6 is 0 Å². The molecular formula is C19H25N5O2S. The molecule has 2 aromatic rings. The van der Waals surface area contributed by atoms with E-state index in [1.54, 1.807) is 0 Å². The molecule has 0 amide bonds. The highest BCUT2D eigenvalue weighted by atomic mass is 32.2. The first-order chi connectivity index (χ1) is 13.1. The van der Waals surface area contributed by atoms with Gasteiger partial charge in [0.1, 0.15) is 18.0 Å². The van der Waals surface area contributed by atoms with Crippen LogP contribution in [0.25, 0.3) is 0 Å². The third-order valence-electron chi connectivity index (χ3n) is 5.11. The molecule has 1 atom stereocenters. The normalized spacial score (nSPS) is 21.8. The van der Waals surface area contributed by atoms with E-state index in [1.165, 1.54) is 31.3 Å². The number of nitrogens with one attached hydrogen (secondary N) is 2. The molecule has 0 radical (unpaired) electrons. The van der Waals surface area contributed by atoms with E-state index < -0.39 is 9.84 Å². The quantitative estimate of drug-likeness (QED) is 0.816. The minimum Gasteiger partial charge on any atom is -0.372 e. The monoisotopic (exact) mass is 387 g/mol. The zero-order valence-electron chi connectivity index (χ0n) is 15.3. The van der Waals surface area contributed by atoms with Crippen molar-refractivity contribution in [3.63, 3.8) is 0 Å². The van der Waals surface area contributed by atoms with E-state index in [0.717, 1.165) is 18.8 Å². The average Bonchev–Trinajstić information content (AvgIpc) is 3.02. The number of benzene rings is 1. The van der Waals surface area contributed by atoms with Crippen LogP contribution in [0.15, 0.2) is 36.7 Å². The Hall–Kier alpha value is -2.35. The first-order valence-corrected chi connectivity index (χ1v) is 11.3. The van der Waals surface area contributed by atoms with Crippen LogP contribution in [-0.4, -0.2) is 49.0 Å². The Morgan fingerprint density at radius 3 is 2.44 bits per heavy atom. The van der Waals surface area contributed by atoms with Gasteiger partial charge in [-0.2, -0.15) is 0 Å². The van der Waals surface area contributed by atoms with Gasteiger partial charge in [0, 0.05) is 36.6 Å². The van der Waals surface area contributed by atoms with Crippen LogP contribution in [0.4, 0.5) is 23.0 Å². The van der Waals surface area contributed by atoms with Crippen molar-refractivity contribution in [3.8, 4) is 0 Å². The van der Waals surface area contributed by atoms with Crippen molar-refractivity contribution in [2.24, 2.45) is 0 Å². The lowest BCUT2D eigenvalue weighted by molar-refractivity contribution is 0.578. The topological polar surface area (TPSA) is 87.2 Å². The molecule has 2 aliphatic rings. The molecule has 2 saturated heterocycles. The van der Waals surface area contributed by atoms with E-state index in [-0.39, 0.29) is 17.5 Å². The van der Waals surface area contributed by atoms with Crippen LogP contribution in [0, 0.1) is 0 Å². The summed E-state index contributed by atoms with van der Waals surface area (Å²) in [6, 6.07) is 10.1. The molecule has 1 aromatic carbocycles. The number of piperidine rings is 1. The van der Waals surface area contributed by atoms with Crippen molar-refractivity contribution >= 4 is 32.8 Å². The molecule has 0 aliphatic carbocycles. The Bertz CT molecular complexity index is 879. The molecule has 7 nitrogen and oxygen atoms in total. The zero-order valence-corrected chi connectivity index (χ0v) is 16.1. The third-order valence-corrected chi connectivity index (χ3v) is 6.88. The van der Waals surface area contributed by atoms with Gasteiger partial charge in [0.25, 0.3) is 0 Å². The molecule has 2 N–H and O–H groups in total. The first-order valence-electron chi connectivity index (χ1n) is 9.48. The van der Waals surface area contributed by atoms with Crippen molar-refractivity contribution < 1.29 is 8.42 Å². The van der Waals surface area contributed by atoms with Crippen molar-refractivity contribution in [3.05, 3.63) is 36.7 Å². The van der Waals surface area contributed by atoms with E-state index in [1.807, 2.05) is 6.07 Å². The highest BCUT2D eigenvalue weighted by Gasteiger charge is 2.27. The number of hydrogen-bond acceptors (Lipinski definition) is 7. The van der Waals surface area contributed by atoms with Crippen molar-refractivity contribution in [1.82, 2.24) is 9.97 Å². The van der Waals surface area contributed by atoms with Crippen molar-refractivity contribution in [1.29, 1.82) is 0 Å². The van der Waals surface area contributed by atoms with Gasteiger partial charge in [-0.15, -0.1) is 0 Å². The number of rotatable bonds is 5. The molecule has 4 rings (SSSR count). The highest BCUT2D eigenvalue weighted by Crippen LogP contribution is 2.24. The van der Waals surface area contributed by atoms with Crippen LogP contribution in [0.2, 0.25) is 0 Å². The number of sulfone groups is 1. The number of hydrogen-bond donors (Lipinski definition) is 2. The smallest absolute Gasteiger partial charge is 0.152 e. The molecule has 8 heteroatoms. The number of nitrogens with zero attached hydrogens (tertiary/aromatic N) is 3. The lowest BCUT2D eigenvalue weighted by Gasteiger charge is -2.28. The summed E-state index contributed by atoms with van der Waals surface area (Å²) in [6.07, 6.45) is 5.95. The largest absolute Gasteiger partial charge is 0.372 e. The molecule has 27 heavy (non-hydrogen) atoms. The minimum atomic E-state index is -2.91. The van der Waals surface area contributed by atoms with Gasteiger partial charge in [-0.1, -0.05) is 0 Å². The van der Waals surface area contributed by atoms with Gasteiger partial charge in [-0.25, -0.2) is 18.4 Å². The Balaban J connectivity index is 1.39. The summed E-state index contributed by atoms with van der Waals surface area (Å²) in [6.45, 7) is 2.26. The lowest BCUT2D eigenvalue weighted by atomic mass is 10.1. The van der Waals surface area contributed by atoms with Gasteiger partial charge in [-0.3, -0.25) is 0 Å². The molecule has 3 heterocycles. The Morgan fingerprint density at radius 1 is 1.00 bits per heavy atom. The second kappa shape index (κ2) is 7.72. The van der Waals surface area contributed by atoms with Gasteiger partial charge < -0.3 is 15.5 Å². The molecule has 2 aliphatic heterocycles. The van der Waals surface area contributed by atoms with Gasteiger partial charge in [0.2, 0.25) is 0 Å². The highest BCUT2D eigenvalue weighted by molar-refractivity contribution is 7.91. The molecule has 2 fully saturated rings. The van der Waals surface area contributed by atoms with Crippen LogP contribution < -0.4 is 15.5 Å². The number of anilines is 4. The molecule has 0 saturated carbocycles. The SMILES string of the molecule is O=S1(=O)CCC(Nc2cc(Nc3ccc(N4CCCCC4)cc3)ncn2)C1. The predicted molar refractivity (Wildman–Crippen MR) is 109 cm³/mol. The summed E-state index contributed by atoms with van der Waals surface area (Å²) >= 11 is 0. The van der Waals surface area contributed by atoms with Crippen LogP contribution in [-0.2, 0) is 9.84 Å². The minimum absolute atomic E-state index is 0.0819. The summed E-state index contributed by atoms with van der Waals surface area (Å²) in [4.78, 5) is 10.9. The third kappa shape index (κ3) is 4.68. The maximum absolute atomic E-state index is 11.6. The molecular weight excluding hydrogens is 362 g/mol. The fraction of sp³-hybridized carbons (Fsp3) is 0.474. The second-order valence-electron chi connectivity index (χ2n) is 7.25. The van der Waals surface area contributed by atoms with E-state index in [2.05, 4.69) is 49.8 Å². The van der Waals surface area contributed by atoms with E-state index in [9.17, 15) is 8.42 Å². The Morgan fingerprint density at radius 2 is 1.74 bits per heavy atom. The van der Waals surface area contributed by atoms with E-state index in [4.69, 9.17) is 0 Å². The maximum atomic E-state index is 11.6.